The van der Waals surface area contributed by atoms with E-state index in [-0.39, 0.29) is 11.5 Å². The SMILES string of the molecule is COc1ccc(CNC2CC(O)C2(C)C)c2ccccc12. The van der Waals surface area contributed by atoms with Crippen LogP contribution in [0.1, 0.15) is 25.8 Å². The first-order chi connectivity index (χ1) is 10.0. The first-order valence-electron chi connectivity index (χ1n) is 7.50. The first kappa shape index (κ1) is 14.4. The number of hydrogen-bond acceptors (Lipinski definition) is 3. The van der Waals surface area contributed by atoms with Gasteiger partial charge in [0.2, 0.25) is 0 Å². The van der Waals surface area contributed by atoms with Gasteiger partial charge in [-0.1, -0.05) is 44.2 Å². The average Bonchev–Trinajstić information content (AvgIpc) is 2.51. The minimum Gasteiger partial charge on any atom is -0.496 e. The predicted molar refractivity (Wildman–Crippen MR) is 85.5 cm³/mol. The Balaban J connectivity index is 1.82. The van der Waals surface area contributed by atoms with Crippen molar-refractivity contribution in [2.45, 2.75) is 39.0 Å². The number of ether oxygens (including phenoxy) is 1. The zero-order valence-electron chi connectivity index (χ0n) is 12.9. The molecule has 1 fully saturated rings. The van der Waals surface area contributed by atoms with E-state index in [1.54, 1.807) is 7.11 Å². The van der Waals surface area contributed by atoms with Crippen LogP contribution in [0.5, 0.6) is 5.75 Å². The number of fused-ring (bicyclic) bond motifs is 1. The van der Waals surface area contributed by atoms with Gasteiger partial charge >= 0.3 is 0 Å². The van der Waals surface area contributed by atoms with E-state index in [1.807, 2.05) is 12.1 Å². The van der Waals surface area contributed by atoms with E-state index in [1.165, 1.54) is 10.9 Å². The zero-order chi connectivity index (χ0) is 15.0. The van der Waals surface area contributed by atoms with Crippen LogP contribution in [0, 0.1) is 5.41 Å². The van der Waals surface area contributed by atoms with Gasteiger partial charge in [0, 0.05) is 23.4 Å². The molecule has 0 radical (unpaired) electrons. The molecule has 112 valence electrons. The number of aliphatic hydroxyl groups excluding tert-OH is 1. The van der Waals surface area contributed by atoms with E-state index >= 15 is 0 Å². The second kappa shape index (κ2) is 5.32. The summed E-state index contributed by atoms with van der Waals surface area (Å²) in [6.45, 7) is 5.04. The summed E-state index contributed by atoms with van der Waals surface area (Å²) in [7, 11) is 1.71. The third-order valence-corrected chi connectivity index (χ3v) is 4.95. The van der Waals surface area contributed by atoms with Gasteiger partial charge in [0.1, 0.15) is 5.75 Å². The van der Waals surface area contributed by atoms with Crippen molar-refractivity contribution in [2.24, 2.45) is 5.41 Å². The van der Waals surface area contributed by atoms with E-state index < -0.39 is 0 Å². The van der Waals surface area contributed by atoms with Crippen LogP contribution < -0.4 is 10.1 Å². The van der Waals surface area contributed by atoms with Crippen LogP contribution in [0.25, 0.3) is 10.8 Å². The fourth-order valence-electron chi connectivity index (χ4n) is 3.15. The molecule has 0 heterocycles. The molecular weight excluding hydrogens is 262 g/mol. The van der Waals surface area contributed by atoms with Gasteiger partial charge in [0.25, 0.3) is 0 Å². The van der Waals surface area contributed by atoms with Gasteiger partial charge in [0.05, 0.1) is 13.2 Å². The topological polar surface area (TPSA) is 41.5 Å². The van der Waals surface area contributed by atoms with Crippen LogP contribution >= 0.6 is 0 Å². The lowest BCUT2D eigenvalue weighted by Crippen LogP contribution is -2.59. The van der Waals surface area contributed by atoms with E-state index in [2.05, 4.69) is 43.4 Å². The number of methoxy groups -OCH3 is 1. The molecule has 1 aliphatic carbocycles. The Kier molecular flexibility index (Phi) is 3.64. The summed E-state index contributed by atoms with van der Waals surface area (Å²) in [6.07, 6.45) is 0.642. The monoisotopic (exact) mass is 285 g/mol. The van der Waals surface area contributed by atoms with Crippen LogP contribution in [-0.2, 0) is 6.54 Å². The second-order valence-corrected chi connectivity index (χ2v) is 6.48. The van der Waals surface area contributed by atoms with Gasteiger partial charge in [-0.3, -0.25) is 0 Å². The maximum atomic E-state index is 9.83. The highest BCUT2D eigenvalue weighted by Gasteiger charge is 2.46. The van der Waals surface area contributed by atoms with Crippen molar-refractivity contribution in [1.29, 1.82) is 0 Å². The van der Waals surface area contributed by atoms with Gasteiger partial charge in [-0.15, -0.1) is 0 Å². The molecule has 0 amide bonds. The molecule has 3 nitrogen and oxygen atoms in total. The minimum absolute atomic E-state index is 0.0394. The summed E-state index contributed by atoms with van der Waals surface area (Å²) in [6, 6.07) is 12.8. The molecule has 0 bridgehead atoms. The second-order valence-electron chi connectivity index (χ2n) is 6.48. The standard InChI is InChI=1S/C18H23NO2/c1-18(2)16(10-17(18)20)19-11-12-8-9-15(21-3)14-7-5-4-6-13(12)14/h4-9,16-17,19-20H,10-11H2,1-3H3. The van der Waals surface area contributed by atoms with E-state index in [4.69, 9.17) is 4.74 Å². The van der Waals surface area contributed by atoms with Crippen molar-refractivity contribution in [1.82, 2.24) is 5.32 Å². The molecule has 0 spiro atoms. The van der Waals surface area contributed by atoms with Crippen molar-refractivity contribution in [3.8, 4) is 5.75 Å². The lowest BCUT2D eigenvalue weighted by molar-refractivity contribution is -0.0729. The van der Waals surface area contributed by atoms with E-state index in [0.29, 0.717) is 6.04 Å². The molecular formula is C18H23NO2. The summed E-state index contributed by atoms with van der Waals surface area (Å²) < 4.78 is 5.43. The zero-order valence-corrected chi connectivity index (χ0v) is 12.9. The number of nitrogens with one attached hydrogen (secondary N) is 1. The van der Waals surface area contributed by atoms with Crippen LogP contribution in [0.2, 0.25) is 0 Å². The number of aliphatic hydroxyl groups is 1. The minimum atomic E-state index is -0.192. The highest BCUT2D eigenvalue weighted by Crippen LogP contribution is 2.40. The van der Waals surface area contributed by atoms with E-state index in [0.717, 1.165) is 24.1 Å². The quantitative estimate of drug-likeness (QED) is 0.907. The Morgan fingerprint density at radius 3 is 2.52 bits per heavy atom. The predicted octanol–water partition coefficient (Wildman–Crippen LogP) is 3.10. The highest BCUT2D eigenvalue weighted by atomic mass is 16.5. The number of benzene rings is 2. The highest BCUT2D eigenvalue weighted by molar-refractivity contribution is 5.91. The molecule has 2 N–H and O–H groups in total. The third-order valence-electron chi connectivity index (χ3n) is 4.95. The third kappa shape index (κ3) is 2.41. The molecule has 3 rings (SSSR count). The molecule has 0 saturated heterocycles. The van der Waals surface area contributed by atoms with Crippen LogP contribution in [0.4, 0.5) is 0 Å². The summed E-state index contributed by atoms with van der Waals surface area (Å²) in [5.41, 5.74) is 1.23. The molecule has 0 aromatic heterocycles. The lowest BCUT2D eigenvalue weighted by atomic mass is 9.64. The summed E-state index contributed by atoms with van der Waals surface area (Å²) in [4.78, 5) is 0. The van der Waals surface area contributed by atoms with Crippen molar-refractivity contribution in [3.63, 3.8) is 0 Å². The Labute approximate surface area is 125 Å². The fourth-order valence-corrected chi connectivity index (χ4v) is 3.15. The summed E-state index contributed by atoms with van der Waals surface area (Å²) in [5.74, 6) is 0.911. The fraction of sp³-hybridized carbons (Fsp3) is 0.444. The van der Waals surface area contributed by atoms with Crippen LogP contribution in [-0.4, -0.2) is 24.4 Å². The molecule has 0 aliphatic heterocycles. The maximum absolute atomic E-state index is 9.83. The smallest absolute Gasteiger partial charge is 0.126 e. The van der Waals surface area contributed by atoms with Crippen molar-refractivity contribution >= 4 is 10.8 Å². The number of rotatable bonds is 4. The van der Waals surface area contributed by atoms with Gasteiger partial charge < -0.3 is 15.2 Å². The van der Waals surface area contributed by atoms with Gasteiger partial charge in [-0.2, -0.15) is 0 Å². The van der Waals surface area contributed by atoms with Crippen molar-refractivity contribution in [2.75, 3.05) is 7.11 Å². The normalized spacial score (nSPS) is 23.8. The van der Waals surface area contributed by atoms with Crippen LogP contribution in [0.15, 0.2) is 36.4 Å². The molecule has 2 aromatic carbocycles. The first-order valence-corrected chi connectivity index (χ1v) is 7.50. The molecule has 2 atom stereocenters. The molecule has 21 heavy (non-hydrogen) atoms. The Morgan fingerprint density at radius 2 is 1.90 bits per heavy atom. The lowest BCUT2D eigenvalue weighted by Gasteiger charge is -2.49. The van der Waals surface area contributed by atoms with Gasteiger partial charge in [-0.05, 0) is 23.4 Å². The van der Waals surface area contributed by atoms with E-state index in [9.17, 15) is 5.11 Å². The Morgan fingerprint density at radius 1 is 1.19 bits per heavy atom. The molecule has 1 aliphatic rings. The van der Waals surface area contributed by atoms with Crippen molar-refractivity contribution < 1.29 is 9.84 Å². The number of hydrogen-bond donors (Lipinski definition) is 2. The molecule has 2 aromatic rings. The largest absolute Gasteiger partial charge is 0.496 e. The van der Waals surface area contributed by atoms with Gasteiger partial charge in [-0.25, -0.2) is 0 Å². The molecule has 3 heteroatoms. The Bertz CT molecular complexity index is 651. The summed E-state index contributed by atoms with van der Waals surface area (Å²) in [5, 5.41) is 15.8. The maximum Gasteiger partial charge on any atom is 0.126 e. The van der Waals surface area contributed by atoms with Crippen molar-refractivity contribution in [3.05, 3.63) is 42.0 Å². The van der Waals surface area contributed by atoms with Gasteiger partial charge in [0.15, 0.2) is 0 Å². The summed E-state index contributed by atoms with van der Waals surface area (Å²) >= 11 is 0. The molecule has 2 unspecified atom stereocenters. The average molecular weight is 285 g/mol. The van der Waals surface area contributed by atoms with Crippen LogP contribution in [0.3, 0.4) is 0 Å². The molecule has 1 saturated carbocycles. The Hall–Kier alpha value is -1.58.